The lowest BCUT2D eigenvalue weighted by Crippen LogP contribution is -2.43. The summed E-state index contributed by atoms with van der Waals surface area (Å²) in [4.78, 5) is 31.7. The molecular formula is C27H33N3O3. The van der Waals surface area contributed by atoms with Crippen molar-refractivity contribution >= 4 is 23.6 Å². The summed E-state index contributed by atoms with van der Waals surface area (Å²) in [7, 11) is 1.89. The molecule has 6 heteroatoms. The zero-order chi connectivity index (χ0) is 23.0. The number of carbonyl (C=O) groups excluding carboxylic acids is 2. The van der Waals surface area contributed by atoms with Gasteiger partial charge in [-0.2, -0.15) is 0 Å². The van der Waals surface area contributed by atoms with Crippen molar-refractivity contribution < 1.29 is 14.3 Å². The van der Waals surface area contributed by atoms with Gasteiger partial charge in [0.1, 0.15) is 0 Å². The number of amides is 2. The average Bonchev–Trinajstić information content (AvgIpc) is 2.88. The van der Waals surface area contributed by atoms with Crippen LogP contribution in [0.4, 0.5) is 5.69 Å². The summed E-state index contributed by atoms with van der Waals surface area (Å²) in [5.74, 6) is 0.143. The van der Waals surface area contributed by atoms with E-state index in [1.807, 2.05) is 59.3 Å². The monoisotopic (exact) mass is 447 g/mol. The zero-order valence-corrected chi connectivity index (χ0v) is 19.4. The molecule has 2 aliphatic rings. The SMILES string of the molecule is CN(Cc1ccccc1N1CCOCC1)C(=O)C1CCN(C(=O)/C=C/c2ccccc2)CC1. The largest absolute Gasteiger partial charge is 0.378 e. The van der Waals surface area contributed by atoms with Gasteiger partial charge in [-0.05, 0) is 36.1 Å². The maximum absolute atomic E-state index is 13.2. The first kappa shape index (κ1) is 23.1. The molecule has 174 valence electrons. The van der Waals surface area contributed by atoms with Crippen LogP contribution >= 0.6 is 0 Å². The van der Waals surface area contributed by atoms with E-state index in [4.69, 9.17) is 4.74 Å². The number of morpholine rings is 1. The van der Waals surface area contributed by atoms with Crippen LogP contribution in [-0.2, 0) is 20.9 Å². The van der Waals surface area contributed by atoms with E-state index >= 15 is 0 Å². The molecule has 2 aromatic rings. The van der Waals surface area contributed by atoms with Crippen molar-refractivity contribution in [2.24, 2.45) is 5.92 Å². The second-order valence-electron chi connectivity index (χ2n) is 8.77. The van der Waals surface area contributed by atoms with E-state index in [1.54, 1.807) is 6.08 Å². The summed E-state index contributed by atoms with van der Waals surface area (Å²) >= 11 is 0. The van der Waals surface area contributed by atoms with Crippen molar-refractivity contribution in [1.82, 2.24) is 9.80 Å². The molecule has 0 N–H and O–H groups in total. The number of ether oxygens (including phenoxy) is 1. The van der Waals surface area contributed by atoms with Crippen LogP contribution in [-0.4, -0.2) is 68.1 Å². The third-order valence-electron chi connectivity index (χ3n) is 6.50. The van der Waals surface area contributed by atoms with Gasteiger partial charge in [-0.25, -0.2) is 0 Å². The molecule has 0 radical (unpaired) electrons. The second kappa shape index (κ2) is 11.1. The third kappa shape index (κ3) is 6.02. The molecule has 6 nitrogen and oxygen atoms in total. The Morgan fingerprint density at radius 2 is 1.64 bits per heavy atom. The topological polar surface area (TPSA) is 53.1 Å². The number of rotatable bonds is 6. The third-order valence-corrected chi connectivity index (χ3v) is 6.50. The number of hydrogen-bond donors (Lipinski definition) is 0. The second-order valence-corrected chi connectivity index (χ2v) is 8.77. The number of piperidine rings is 1. The molecule has 0 aromatic heterocycles. The van der Waals surface area contributed by atoms with Crippen molar-refractivity contribution in [2.75, 3.05) is 51.3 Å². The van der Waals surface area contributed by atoms with Gasteiger partial charge in [-0.15, -0.1) is 0 Å². The maximum Gasteiger partial charge on any atom is 0.246 e. The molecule has 0 spiro atoms. The summed E-state index contributed by atoms with van der Waals surface area (Å²) < 4.78 is 5.48. The Kier molecular flexibility index (Phi) is 7.79. The Bertz CT molecular complexity index is 962. The van der Waals surface area contributed by atoms with Gasteiger partial charge in [0.05, 0.1) is 13.2 Å². The molecule has 4 rings (SSSR count). The minimum absolute atomic E-state index is 0.0116. The van der Waals surface area contributed by atoms with Gasteiger partial charge in [0.2, 0.25) is 11.8 Å². The van der Waals surface area contributed by atoms with Crippen molar-refractivity contribution in [3.8, 4) is 0 Å². The summed E-state index contributed by atoms with van der Waals surface area (Å²) in [6.45, 7) is 5.05. The van der Waals surface area contributed by atoms with Gasteiger partial charge in [0.25, 0.3) is 0 Å². The van der Waals surface area contributed by atoms with E-state index in [2.05, 4.69) is 23.1 Å². The van der Waals surface area contributed by atoms with Crippen LogP contribution in [0.25, 0.3) is 6.08 Å². The highest BCUT2D eigenvalue weighted by Gasteiger charge is 2.29. The van der Waals surface area contributed by atoms with E-state index < -0.39 is 0 Å². The van der Waals surface area contributed by atoms with Crippen LogP contribution < -0.4 is 4.90 Å². The molecule has 2 aromatic carbocycles. The van der Waals surface area contributed by atoms with Gasteiger partial charge in [-0.3, -0.25) is 9.59 Å². The molecule has 2 fully saturated rings. The number of para-hydroxylation sites is 1. The van der Waals surface area contributed by atoms with Crippen LogP contribution in [0, 0.1) is 5.92 Å². The normalized spacial score (nSPS) is 17.4. The number of anilines is 1. The van der Waals surface area contributed by atoms with Crippen LogP contribution in [0.3, 0.4) is 0 Å². The van der Waals surface area contributed by atoms with Crippen molar-refractivity contribution in [3.63, 3.8) is 0 Å². The van der Waals surface area contributed by atoms with Crippen molar-refractivity contribution in [1.29, 1.82) is 0 Å². The van der Waals surface area contributed by atoms with Gasteiger partial charge in [0.15, 0.2) is 0 Å². The molecule has 2 amide bonds. The average molecular weight is 448 g/mol. The fourth-order valence-electron chi connectivity index (χ4n) is 4.59. The van der Waals surface area contributed by atoms with Crippen LogP contribution in [0.2, 0.25) is 0 Å². The lowest BCUT2D eigenvalue weighted by molar-refractivity contribution is -0.138. The van der Waals surface area contributed by atoms with E-state index in [0.29, 0.717) is 32.5 Å². The van der Waals surface area contributed by atoms with E-state index in [-0.39, 0.29) is 17.7 Å². The molecule has 0 aliphatic carbocycles. The Labute approximate surface area is 196 Å². The molecule has 2 heterocycles. The summed E-state index contributed by atoms with van der Waals surface area (Å²) in [6, 6.07) is 18.1. The Balaban J connectivity index is 1.30. The van der Waals surface area contributed by atoms with Gasteiger partial charge >= 0.3 is 0 Å². The van der Waals surface area contributed by atoms with Crippen molar-refractivity contribution in [3.05, 3.63) is 71.8 Å². The number of benzene rings is 2. The first-order valence-electron chi connectivity index (χ1n) is 11.8. The van der Waals surface area contributed by atoms with Crippen LogP contribution in [0.15, 0.2) is 60.7 Å². The standard InChI is InChI=1S/C27H33N3O3/c1-28(21-24-9-5-6-10-25(24)29-17-19-33-20-18-29)27(32)23-13-15-30(16-14-23)26(31)12-11-22-7-3-2-4-8-22/h2-12,23H,13-21H2,1H3/b12-11+. The molecule has 0 bridgehead atoms. The van der Waals surface area contributed by atoms with Crippen LogP contribution in [0.5, 0.6) is 0 Å². The van der Waals surface area contributed by atoms with Gasteiger partial charge in [0, 0.05) is 57.5 Å². The smallest absolute Gasteiger partial charge is 0.246 e. The fraction of sp³-hybridized carbons (Fsp3) is 0.407. The number of nitrogens with zero attached hydrogens (tertiary/aromatic N) is 3. The summed E-state index contributed by atoms with van der Waals surface area (Å²) in [5, 5.41) is 0. The zero-order valence-electron chi connectivity index (χ0n) is 19.4. The van der Waals surface area contributed by atoms with Crippen LogP contribution in [0.1, 0.15) is 24.0 Å². The molecule has 2 aliphatic heterocycles. The molecule has 0 unspecified atom stereocenters. The number of likely N-dealkylation sites (tertiary alicyclic amines) is 1. The highest BCUT2D eigenvalue weighted by Crippen LogP contribution is 2.25. The predicted molar refractivity (Wildman–Crippen MR) is 131 cm³/mol. The molecule has 0 atom stereocenters. The molecular weight excluding hydrogens is 414 g/mol. The quantitative estimate of drug-likeness (QED) is 0.637. The van der Waals surface area contributed by atoms with E-state index in [1.165, 1.54) is 5.69 Å². The Morgan fingerprint density at radius 1 is 0.970 bits per heavy atom. The van der Waals surface area contributed by atoms with E-state index in [0.717, 1.165) is 37.4 Å². The lowest BCUT2D eigenvalue weighted by Gasteiger charge is -2.34. The minimum Gasteiger partial charge on any atom is -0.378 e. The fourth-order valence-corrected chi connectivity index (χ4v) is 4.59. The van der Waals surface area contributed by atoms with E-state index in [9.17, 15) is 9.59 Å². The predicted octanol–water partition coefficient (Wildman–Crippen LogP) is 3.43. The summed E-state index contributed by atoms with van der Waals surface area (Å²) in [6.07, 6.45) is 4.89. The minimum atomic E-state index is -0.0345. The number of hydrogen-bond acceptors (Lipinski definition) is 4. The molecule has 33 heavy (non-hydrogen) atoms. The van der Waals surface area contributed by atoms with Gasteiger partial charge in [-0.1, -0.05) is 48.5 Å². The highest BCUT2D eigenvalue weighted by atomic mass is 16.5. The number of carbonyl (C=O) groups is 2. The molecule has 0 saturated carbocycles. The Morgan fingerprint density at radius 3 is 2.36 bits per heavy atom. The van der Waals surface area contributed by atoms with Crippen molar-refractivity contribution in [2.45, 2.75) is 19.4 Å². The lowest BCUT2D eigenvalue weighted by atomic mass is 9.95. The van der Waals surface area contributed by atoms with Gasteiger partial charge < -0.3 is 19.4 Å². The summed E-state index contributed by atoms with van der Waals surface area (Å²) in [5.41, 5.74) is 3.36. The first-order valence-corrected chi connectivity index (χ1v) is 11.8. The Hall–Kier alpha value is -3.12. The molecule has 2 saturated heterocycles. The maximum atomic E-state index is 13.2. The highest BCUT2D eigenvalue weighted by molar-refractivity contribution is 5.92. The first-order chi connectivity index (χ1) is 16.1.